The highest BCUT2D eigenvalue weighted by Gasteiger charge is 2.63. The van der Waals surface area contributed by atoms with Gasteiger partial charge in [0.05, 0.1) is 18.8 Å². The minimum atomic E-state index is -2.90. The van der Waals surface area contributed by atoms with Crippen molar-refractivity contribution in [1.29, 1.82) is 0 Å². The molecule has 1 aromatic rings. The molecular weight excluding hydrogens is 474 g/mol. The first-order valence-corrected chi connectivity index (χ1v) is 16.1. The van der Waals surface area contributed by atoms with Crippen molar-refractivity contribution < 1.29 is 27.8 Å². The Morgan fingerprint density at radius 2 is 1.86 bits per heavy atom. The van der Waals surface area contributed by atoms with Crippen LogP contribution in [0.2, 0.25) is 25.7 Å². The number of ether oxygens (including phenoxy) is 2. The molecule has 1 spiro atoms. The Hall–Kier alpha value is -2.01. The van der Waals surface area contributed by atoms with Gasteiger partial charge in [0.2, 0.25) is 0 Å². The van der Waals surface area contributed by atoms with Crippen molar-refractivity contribution in [3.05, 3.63) is 17.0 Å². The lowest BCUT2D eigenvalue weighted by Gasteiger charge is -2.30. The lowest BCUT2D eigenvalue weighted by molar-refractivity contribution is 0.0112. The average Bonchev–Trinajstić information content (AvgIpc) is 3.28. The molecule has 8 nitrogen and oxygen atoms in total. The molecule has 0 bridgehead atoms. The van der Waals surface area contributed by atoms with Crippen LogP contribution in [-0.4, -0.2) is 76.4 Å². The van der Waals surface area contributed by atoms with Crippen LogP contribution in [0.5, 0.6) is 0 Å². The van der Waals surface area contributed by atoms with Gasteiger partial charge in [-0.1, -0.05) is 19.6 Å². The van der Waals surface area contributed by atoms with Crippen molar-refractivity contribution in [2.24, 2.45) is 0 Å². The predicted molar refractivity (Wildman–Crippen MR) is 129 cm³/mol. The van der Waals surface area contributed by atoms with Gasteiger partial charge in [0.1, 0.15) is 18.0 Å². The van der Waals surface area contributed by atoms with E-state index in [-0.39, 0.29) is 25.4 Å². The average molecular weight is 513 g/mol. The Labute approximate surface area is 206 Å². The molecule has 0 N–H and O–H groups in total. The van der Waals surface area contributed by atoms with Crippen molar-refractivity contribution >= 4 is 20.1 Å². The van der Waals surface area contributed by atoms with Crippen LogP contribution in [0, 0.1) is 0 Å². The zero-order chi connectivity index (χ0) is 25.8. The fraction of sp³-hybridized carbons (Fsp3) is 0.792. The first-order valence-electron chi connectivity index (χ1n) is 12.4. The maximum absolute atomic E-state index is 14.4. The molecule has 11 heteroatoms. The predicted octanol–water partition coefficient (Wildman–Crippen LogP) is 4.50. The van der Waals surface area contributed by atoms with Gasteiger partial charge in [0, 0.05) is 45.2 Å². The number of fused-ring (bicyclic) bond motifs is 1. The molecule has 35 heavy (non-hydrogen) atoms. The van der Waals surface area contributed by atoms with Crippen molar-refractivity contribution in [1.82, 2.24) is 19.6 Å². The highest BCUT2D eigenvalue weighted by Crippen LogP contribution is 2.54. The summed E-state index contributed by atoms with van der Waals surface area (Å²) >= 11 is 0. The third kappa shape index (κ3) is 5.87. The van der Waals surface area contributed by atoms with Crippen LogP contribution in [0.3, 0.4) is 0 Å². The number of halogens is 2. The molecule has 4 rings (SSSR count). The summed E-state index contributed by atoms with van der Waals surface area (Å²) in [6.07, 6.45) is 0.867. The van der Waals surface area contributed by atoms with Crippen molar-refractivity contribution in [2.75, 3.05) is 19.7 Å². The van der Waals surface area contributed by atoms with Crippen LogP contribution in [0.15, 0.2) is 0 Å². The summed E-state index contributed by atoms with van der Waals surface area (Å²) in [4.78, 5) is 29.4. The van der Waals surface area contributed by atoms with E-state index in [4.69, 9.17) is 9.47 Å². The molecule has 3 heterocycles. The summed E-state index contributed by atoms with van der Waals surface area (Å²) in [5.74, 6) is -3.35. The van der Waals surface area contributed by atoms with Crippen LogP contribution in [0.25, 0.3) is 0 Å². The number of carbonyl (C=O) groups is 2. The monoisotopic (exact) mass is 512 g/mol. The number of alkyl halides is 2. The van der Waals surface area contributed by atoms with Crippen molar-refractivity contribution in [2.45, 2.75) is 102 Å². The van der Waals surface area contributed by atoms with Gasteiger partial charge in [-0.05, 0) is 39.7 Å². The fourth-order valence-electron chi connectivity index (χ4n) is 4.81. The van der Waals surface area contributed by atoms with E-state index in [0.29, 0.717) is 43.7 Å². The maximum Gasteiger partial charge on any atom is 0.410 e. The Kier molecular flexibility index (Phi) is 6.57. The quantitative estimate of drug-likeness (QED) is 0.414. The third-order valence-electron chi connectivity index (χ3n) is 6.79. The molecule has 1 saturated heterocycles. The van der Waals surface area contributed by atoms with E-state index in [9.17, 15) is 18.4 Å². The summed E-state index contributed by atoms with van der Waals surface area (Å²) in [5, 5.41) is 4.64. The molecule has 0 atom stereocenters. The van der Waals surface area contributed by atoms with E-state index in [1.165, 1.54) is 9.58 Å². The van der Waals surface area contributed by atoms with E-state index in [1.54, 1.807) is 25.7 Å². The van der Waals surface area contributed by atoms with E-state index in [0.717, 1.165) is 6.04 Å². The normalized spacial score (nSPS) is 20.8. The Bertz CT molecular complexity index is 995. The van der Waals surface area contributed by atoms with Crippen LogP contribution < -0.4 is 0 Å². The number of hydrogen-bond acceptors (Lipinski definition) is 5. The second-order valence-electron chi connectivity index (χ2n) is 12.4. The molecule has 2 amide bonds. The molecule has 2 aliphatic heterocycles. The SMILES string of the molecule is CC(C)(C)OC(=O)N1CCc2nn(COCC[Si](C)(C)C)c(C(=O)N3CC(F)(F)CC34CC4)c2C1. The summed E-state index contributed by atoms with van der Waals surface area (Å²) in [6.45, 7) is 12.8. The van der Waals surface area contributed by atoms with Gasteiger partial charge in [0.25, 0.3) is 11.8 Å². The number of rotatable bonds is 6. The highest BCUT2D eigenvalue weighted by atomic mass is 28.3. The molecule has 0 aromatic carbocycles. The zero-order valence-corrected chi connectivity index (χ0v) is 22.7. The summed E-state index contributed by atoms with van der Waals surface area (Å²) < 4.78 is 41.6. The van der Waals surface area contributed by atoms with E-state index >= 15 is 0 Å². The Morgan fingerprint density at radius 3 is 2.46 bits per heavy atom. The first-order chi connectivity index (χ1) is 16.1. The largest absolute Gasteiger partial charge is 0.444 e. The van der Waals surface area contributed by atoms with Crippen LogP contribution in [-0.2, 0) is 29.2 Å². The number of hydrogen-bond donors (Lipinski definition) is 0. The summed E-state index contributed by atoms with van der Waals surface area (Å²) in [5.41, 5.74) is 0.153. The van der Waals surface area contributed by atoms with Crippen molar-refractivity contribution in [3.8, 4) is 0 Å². The van der Waals surface area contributed by atoms with Gasteiger partial charge in [-0.25, -0.2) is 18.3 Å². The molecule has 3 aliphatic rings. The van der Waals surface area contributed by atoms with Crippen LogP contribution in [0.1, 0.15) is 61.8 Å². The third-order valence-corrected chi connectivity index (χ3v) is 8.49. The van der Waals surface area contributed by atoms with Crippen LogP contribution >= 0.6 is 0 Å². The lowest BCUT2D eigenvalue weighted by atomic mass is 10.0. The molecule has 2 fully saturated rings. The molecule has 1 saturated carbocycles. The number of amides is 2. The molecular formula is C24H38F2N4O4Si. The van der Waals surface area contributed by atoms with E-state index in [2.05, 4.69) is 24.7 Å². The highest BCUT2D eigenvalue weighted by molar-refractivity contribution is 6.76. The Morgan fingerprint density at radius 1 is 1.17 bits per heavy atom. The van der Waals surface area contributed by atoms with Gasteiger partial charge in [-0.15, -0.1) is 0 Å². The standard InChI is InChI=1S/C24H38F2N4O4Si/c1-22(2,3)34-21(32)28-10-7-18-17(13-28)19(30(27-18)16-33-11-12-35(4,5)6)20(31)29-15-24(25,26)14-23(29)8-9-23/h7-16H2,1-6H3. The zero-order valence-electron chi connectivity index (χ0n) is 21.7. The summed E-state index contributed by atoms with van der Waals surface area (Å²) in [7, 11) is -1.30. The van der Waals surface area contributed by atoms with Gasteiger partial charge in [-0.3, -0.25) is 4.79 Å². The van der Waals surface area contributed by atoms with Crippen LogP contribution in [0.4, 0.5) is 13.6 Å². The number of aromatic nitrogens is 2. The molecule has 1 aliphatic carbocycles. The van der Waals surface area contributed by atoms with Gasteiger partial charge < -0.3 is 19.3 Å². The first kappa shape index (κ1) is 26.1. The van der Waals surface area contributed by atoms with E-state index in [1.807, 2.05) is 0 Å². The second kappa shape index (κ2) is 8.83. The maximum atomic E-state index is 14.4. The molecule has 0 radical (unpaired) electrons. The molecule has 196 valence electrons. The summed E-state index contributed by atoms with van der Waals surface area (Å²) in [6, 6.07) is 0.963. The van der Waals surface area contributed by atoms with E-state index < -0.39 is 43.7 Å². The lowest BCUT2D eigenvalue weighted by Crippen LogP contribution is -2.42. The fourth-order valence-corrected chi connectivity index (χ4v) is 5.57. The number of carbonyl (C=O) groups excluding carboxylic acids is 2. The van der Waals surface area contributed by atoms with Crippen molar-refractivity contribution in [3.63, 3.8) is 0 Å². The minimum absolute atomic E-state index is 0.0717. The number of likely N-dealkylation sites (tertiary alicyclic amines) is 1. The Balaban J connectivity index is 1.61. The molecule has 0 unspecified atom stereocenters. The van der Waals surface area contributed by atoms with Gasteiger partial charge in [-0.2, -0.15) is 5.10 Å². The van der Waals surface area contributed by atoms with Gasteiger partial charge >= 0.3 is 6.09 Å². The topological polar surface area (TPSA) is 76.9 Å². The molecule has 1 aromatic heterocycles. The number of nitrogens with zero attached hydrogens (tertiary/aromatic N) is 4. The minimum Gasteiger partial charge on any atom is -0.444 e. The smallest absolute Gasteiger partial charge is 0.410 e. The second-order valence-corrected chi connectivity index (χ2v) is 18.0. The van der Waals surface area contributed by atoms with Gasteiger partial charge in [0.15, 0.2) is 0 Å².